The molecule has 0 saturated carbocycles. The van der Waals surface area contributed by atoms with E-state index in [-0.39, 0.29) is 12.3 Å². The third-order valence-electron chi connectivity index (χ3n) is 5.57. The fourth-order valence-corrected chi connectivity index (χ4v) is 3.96. The number of hydrogen-bond acceptors (Lipinski definition) is 4. The van der Waals surface area contributed by atoms with Crippen molar-refractivity contribution in [2.75, 3.05) is 34.3 Å². The van der Waals surface area contributed by atoms with Crippen molar-refractivity contribution < 1.29 is 23.9 Å². The van der Waals surface area contributed by atoms with Gasteiger partial charge in [0.1, 0.15) is 0 Å². The van der Waals surface area contributed by atoms with Gasteiger partial charge < -0.3 is 24.4 Å². The summed E-state index contributed by atoms with van der Waals surface area (Å²) < 4.78 is 6.39. The van der Waals surface area contributed by atoms with Gasteiger partial charge in [0, 0.05) is 25.4 Å². The molecule has 0 fully saturated rings. The molecule has 2 aromatic rings. The summed E-state index contributed by atoms with van der Waals surface area (Å²) in [5.41, 5.74) is 3.60. The second-order valence-corrected chi connectivity index (χ2v) is 9.95. The van der Waals surface area contributed by atoms with E-state index in [1.54, 1.807) is 0 Å². The summed E-state index contributed by atoms with van der Waals surface area (Å²) in [6, 6.07) is 18.4. The smallest absolute Gasteiger partial charge is 0.220 e. The molecule has 186 valence electrons. The Hall–Kier alpha value is -2.70. The molecule has 1 atom stereocenters. The van der Waals surface area contributed by atoms with Gasteiger partial charge in [-0.05, 0) is 29.5 Å². The minimum Gasteiger partial charge on any atom is -0.550 e. The first kappa shape index (κ1) is 27.5. The van der Waals surface area contributed by atoms with E-state index in [9.17, 15) is 14.7 Å². The van der Waals surface area contributed by atoms with E-state index in [2.05, 4.69) is 41.7 Å². The van der Waals surface area contributed by atoms with Crippen LogP contribution in [-0.2, 0) is 20.9 Å². The lowest BCUT2D eigenvalue weighted by molar-refractivity contribution is -0.871. The SMILES string of the molecule is C[N+](C)(C)CC(CC(=O)[O-])NC(=O)CCCCCCCOCc1ccc(-c2ccccc2)cc1. The Morgan fingerprint density at radius 2 is 1.50 bits per heavy atom. The number of benzene rings is 2. The Balaban J connectivity index is 1.52. The summed E-state index contributed by atoms with van der Waals surface area (Å²) in [7, 11) is 5.92. The molecule has 2 rings (SSSR count). The van der Waals surface area contributed by atoms with Crippen molar-refractivity contribution in [1.29, 1.82) is 0 Å². The van der Waals surface area contributed by atoms with Gasteiger partial charge in [-0.15, -0.1) is 0 Å². The first-order chi connectivity index (χ1) is 16.2. The summed E-state index contributed by atoms with van der Waals surface area (Å²) >= 11 is 0. The van der Waals surface area contributed by atoms with Gasteiger partial charge in [-0.25, -0.2) is 0 Å². The zero-order chi connectivity index (χ0) is 24.8. The van der Waals surface area contributed by atoms with E-state index in [0.717, 1.165) is 38.7 Å². The molecule has 2 aromatic carbocycles. The number of unbranched alkanes of at least 4 members (excludes halogenated alkanes) is 4. The number of carboxylic acids is 1. The Bertz CT molecular complexity index is 860. The Kier molecular flexibility index (Phi) is 11.8. The van der Waals surface area contributed by atoms with Crippen molar-refractivity contribution in [3.05, 3.63) is 60.2 Å². The highest BCUT2D eigenvalue weighted by molar-refractivity contribution is 5.77. The van der Waals surface area contributed by atoms with Crippen LogP contribution in [0.5, 0.6) is 0 Å². The van der Waals surface area contributed by atoms with Crippen LogP contribution in [-0.4, -0.2) is 56.7 Å². The first-order valence-corrected chi connectivity index (χ1v) is 12.2. The lowest BCUT2D eigenvalue weighted by Gasteiger charge is -2.30. The molecule has 6 nitrogen and oxygen atoms in total. The topological polar surface area (TPSA) is 78.5 Å². The molecule has 0 aliphatic heterocycles. The van der Waals surface area contributed by atoms with Crippen molar-refractivity contribution in [2.45, 2.75) is 57.6 Å². The van der Waals surface area contributed by atoms with Crippen molar-refractivity contribution in [1.82, 2.24) is 5.32 Å². The lowest BCUT2D eigenvalue weighted by Crippen LogP contribution is -2.50. The number of carboxylic acid groups (broad SMARTS) is 1. The second-order valence-electron chi connectivity index (χ2n) is 9.95. The predicted molar refractivity (Wildman–Crippen MR) is 134 cm³/mol. The number of rotatable bonds is 16. The van der Waals surface area contributed by atoms with Crippen molar-refractivity contribution in [3.8, 4) is 11.1 Å². The van der Waals surface area contributed by atoms with Crippen LogP contribution in [0.15, 0.2) is 54.6 Å². The van der Waals surface area contributed by atoms with E-state index >= 15 is 0 Å². The number of nitrogens with one attached hydrogen (secondary N) is 1. The highest BCUT2D eigenvalue weighted by atomic mass is 16.5. The predicted octanol–water partition coefficient (Wildman–Crippen LogP) is 3.54. The molecule has 6 heteroatoms. The van der Waals surface area contributed by atoms with Gasteiger partial charge in [0.2, 0.25) is 5.91 Å². The lowest BCUT2D eigenvalue weighted by atomic mass is 10.0. The third-order valence-corrected chi connectivity index (χ3v) is 5.57. The van der Waals surface area contributed by atoms with Gasteiger partial charge in [0.15, 0.2) is 0 Å². The average molecular weight is 469 g/mol. The molecule has 0 aliphatic rings. The van der Waals surface area contributed by atoms with E-state index in [4.69, 9.17) is 4.74 Å². The molecule has 0 bridgehead atoms. The highest BCUT2D eigenvalue weighted by Crippen LogP contribution is 2.19. The number of quaternary nitrogens is 1. The highest BCUT2D eigenvalue weighted by Gasteiger charge is 2.20. The molecule has 0 heterocycles. The fraction of sp³-hybridized carbons (Fsp3) is 0.500. The van der Waals surface area contributed by atoms with Crippen molar-refractivity contribution in [3.63, 3.8) is 0 Å². The quantitative estimate of drug-likeness (QED) is 0.302. The van der Waals surface area contributed by atoms with Crippen LogP contribution in [0.25, 0.3) is 11.1 Å². The van der Waals surface area contributed by atoms with Crippen molar-refractivity contribution >= 4 is 11.9 Å². The molecule has 0 aliphatic carbocycles. The van der Waals surface area contributed by atoms with E-state index in [0.29, 0.717) is 24.1 Å². The number of aliphatic carboxylic acids is 1. The molecule has 1 unspecified atom stereocenters. The van der Waals surface area contributed by atoms with Crippen LogP contribution in [0.3, 0.4) is 0 Å². The molecule has 0 saturated heterocycles. The minimum absolute atomic E-state index is 0.0821. The van der Waals surface area contributed by atoms with Crippen LogP contribution in [0.1, 0.15) is 50.5 Å². The van der Waals surface area contributed by atoms with Gasteiger partial charge in [-0.1, -0.05) is 73.9 Å². The van der Waals surface area contributed by atoms with Crippen LogP contribution >= 0.6 is 0 Å². The Morgan fingerprint density at radius 1 is 0.882 bits per heavy atom. The van der Waals surface area contributed by atoms with Gasteiger partial charge >= 0.3 is 0 Å². The minimum atomic E-state index is -1.13. The maximum atomic E-state index is 12.2. The van der Waals surface area contributed by atoms with Crippen molar-refractivity contribution in [2.24, 2.45) is 0 Å². The fourth-order valence-electron chi connectivity index (χ4n) is 3.96. The molecule has 34 heavy (non-hydrogen) atoms. The number of carbonyl (C=O) groups is 2. The van der Waals surface area contributed by atoms with Crippen LogP contribution in [0.2, 0.25) is 0 Å². The van der Waals surface area contributed by atoms with Crippen LogP contribution in [0, 0.1) is 0 Å². The second kappa shape index (κ2) is 14.5. The summed E-state index contributed by atoms with van der Waals surface area (Å²) in [5.74, 6) is -1.22. The number of nitrogens with zero attached hydrogens (tertiary/aromatic N) is 1. The molecular formula is C28H40N2O4. The zero-order valence-corrected chi connectivity index (χ0v) is 20.9. The average Bonchev–Trinajstić information content (AvgIpc) is 2.77. The number of amides is 1. The third kappa shape index (κ3) is 12.0. The summed E-state index contributed by atoms with van der Waals surface area (Å²) in [5, 5.41) is 13.8. The number of ether oxygens (including phenoxy) is 1. The Labute approximate surface area is 204 Å². The van der Waals surface area contributed by atoms with E-state index < -0.39 is 12.0 Å². The molecule has 1 N–H and O–H groups in total. The number of hydrogen-bond donors (Lipinski definition) is 1. The maximum absolute atomic E-state index is 12.2. The van der Waals surface area contributed by atoms with Crippen LogP contribution < -0.4 is 10.4 Å². The molecule has 1 amide bonds. The largest absolute Gasteiger partial charge is 0.550 e. The maximum Gasteiger partial charge on any atom is 0.220 e. The van der Waals surface area contributed by atoms with E-state index in [1.807, 2.05) is 39.3 Å². The first-order valence-electron chi connectivity index (χ1n) is 12.2. The summed E-state index contributed by atoms with van der Waals surface area (Å²) in [4.78, 5) is 23.1. The van der Waals surface area contributed by atoms with Gasteiger partial charge in [-0.3, -0.25) is 4.79 Å². The summed E-state index contributed by atoms with van der Waals surface area (Å²) in [6.07, 6.45) is 5.20. The molecule has 0 radical (unpaired) electrons. The number of likely N-dealkylation sites (N-methyl/N-ethyl adjacent to an activating group) is 1. The summed E-state index contributed by atoms with van der Waals surface area (Å²) in [6.45, 7) is 1.91. The standard InChI is InChI=1S/C28H40N2O4/c1-30(2,3)21-26(20-28(32)33)29-27(31)14-10-5-4-6-11-19-34-22-23-15-17-25(18-16-23)24-12-8-7-9-13-24/h7-9,12-13,15-18,26H,4-6,10-11,14,19-22H2,1-3H3,(H-,29,31,32,33). The van der Waals surface area contributed by atoms with Gasteiger partial charge in [0.25, 0.3) is 0 Å². The monoisotopic (exact) mass is 468 g/mol. The number of carbonyl (C=O) groups excluding carboxylic acids is 2. The molecule has 0 aromatic heterocycles. The van der Waals surface area contributed by atoms with Crippen LogP contribution in [0.4, 0.5) is 0 Å². The van der Waals surface area contributed by atoms with Gasteiger partial charge in [0.05, 0.1) is 40.3 Å². The molecular weight excluding hydrogens is 428 g/mol. The van der Waals surface area contributed by atoms with E-state index in [1.165, 1.54) is 16.7 Å². The normalized spacial score (nSPS) is 12.3. The zero-order valence-electron chi connectivity index (χ0n) is 20.9. The van der Waals surface area contributed by atoms with Gasteiger partial charge in [-0.2, -0.15) is 0 Å². The Morgan fingerprint density at radius 3 is 2.15 bits per heavy atom. The molecule has 0 spiro atoms.